The van der Waals surface area contributed by atoms with Crippen LogP contribution in [0.15, 0.2) is 29.2 Å². The zero-order valence-corrected chi connectivity index (χ0v) is 18.0. The molecule has 1 aromatic rings. The summed E-state index contributed by atoms with van der Waals surface area (Å²) >= 11 is 0. The molecule has 0 radical (unpaired) electrons. The second-order valence-corrected chi connectivity index (χ2v) is 10.3. The molecule has 2 aliphatic heterocycles. The number of fused-ring (bicyclic) bond motifs is 1. The molecule has 2 atom stereocenters. The third-order valence-electron chi connectivity index (χ3n) is 6.51. The number of likely N-dealkylation sites (tertiary alicyclic amines) is 1. The third kappa shape index (κ3) is 4.23. The van der Waals surface area contributed by atoms with Crippen LogP contribution in [0.25, 0.3) is 0 Å². The van der Waals surface area contributed by atoms with Crippen molar-refractivity contribution in [1.29, 1.82) is 0 Å². The Hall–Kier alpha value is -2.33. The molecule has 3 amide bonds. The minimum atomic E-state index is -3.83. The maximum Gasteiger partial charge on any atom is 0.243 e. The monoisotopic (exact) mass is 451 g/mol. The predicted octanol–water partition coefficient (Wildman–Crippen LogP) is 1.22. The minimum absolute atomic E-state index is 0.0353. The smallest absolute Gasteiger partial charge is 0.243 e. The van der Waals surface area contributed by atoms with E-state index in [4.69, 9.17) is 0 Å². The Balaban J connectivity index is 1.31. The lowest BCUT2D eigenvalue weighted by molar-refractivity contribution is -0.141. The molecular weight excluding hydrogens is 425 g/mol. The normalized spacial score (nSPS) is 25.1. The highest BCUT2D eigenvalue weighted by Gasteiger charge is 2.48. The average molecular weight is 452 g/mol. The molecule has 1 saturated carbocycles. The highest BCUT2D eigenvalue weighted by molar-refractivity contribution is 7.89. The number of nitrogens with zero attached hydrogens (tertiary/aromatic N) is 3. The summed E-state index contributed by atoms with van der Waals surface area (Å²) in [5.41, 5.74) is 0. The molecule has 3 fully saturated rings. The van der Waals surface area contributed by atoms with Gasteiger partial charge in [-0.3, -0.25) is 19.3 Å². The Morgan fingerprint density at radius 3 is 2.19 bits per heavy atom. The van der Waals surface area contributed by atoms with Gasteiger partial charge in [0, 0.05) is 39.1 Å². The lowest BCUT2D eigenvalue weighted by Gasteiger charge is -2.34. The fraction of sp³-hybridized carbons (Fsp3) is 0.571. The van der Waals surface area contributed by atoms with E-state index in [1.54, 1.807) is 4.90 Å². The second-order valence-electron chi connectivity index (χ2n) is 8.32. The molecule has 0 bridgehead atoms. The summed E-state index contributed by atoms with van der Waals surface area (Å²) in [6, 6.07) is 4.85. The second kappa shape index (κ2) is 8.66. The van der Waals surface area contributed by atoms with Crippen molar-refractivity contribution < 1.29 is 27.2 Å². The molecule has 0 aromatic heterocycles. The number of imide groups is 1. The number of rotatable bonds is 5. The van der Waals surface area contributed by atoms with Crippen LogP contribution in [-0.2, 0) is 24.4 Å². The first-order valence-corrected chi connectivity index (χ1v) is 12.1. The van der Waals surface area contributed by atoms with Crippen LogP contribution in [0.5, 0.6) is 0 Å². The number of piperazine rings is 1. The molecule has 0 spiro atoms. The molecule has 8 nitrogen and oxygen atoms in total. The molecule has 2 heterocycles. The van der Waals surface area contributed by atoms with Crippen molar-refractivity contribution in [3.8, 4) is 0 Å². The lowest BCUT2D eigenvalue weighted by atomic mass is 9.81. The first-order valence-electron chi connectivity index (χ1n) is 10.7. The lowest BCUT2D eigenvalue weighted by Crippen LogP contribution is -2.51. The topological polar surface area (TPSA) is 95.1 Å². The summed E-state index contributed by atoms with van der Waals surface area (Å²) in [5.74, 6) is -1.61. The van der Waals surface area contributed by atoms with Crippen LogP contribution >= 0.6 is 0 Å². The van der Waals surface area contributed by atoms with Gasteiger partial charge in [-0.25, -0.2) is 12.8 Å². The number of halogens is 1. The van der Waals surface area contributed by atoms with Gasteiger partial charge in [-0.1, -0.05) is 18.9 Å². The third-order valence-corrected chi connectivity index (χ3v) is 8.40. The molecule has 168 valence electrons. The number of hydrogen-bond acceptors (Lipinski definition) is 5. The Kier molecular flexibility index (Phi) is 6.11. The van der Waals surface area contributed by atoms with Gasteiger partial charge in [-0.2, -0.15) is 4.31 Å². The highest BCUT2D eigenvalue weighted by Crippen LogP contribution is 2.38. The molecule has 10 heteroatoms. The number of hydrogen-bond donors (Lipinski definition) is 0. The minimum Gasteiger partial charge on any atom is -0.340 e. The van der Waals surface area contributed by atoms with Gasteiger partial charge in [0.2, 0.25) is 27.7 Å². The standard InChI is InChI=1S/C21H26FN3O5S/c22-15-4-3-5-16(14-15)31(29,30)24-12-10-23(11-13-24)19(26)8-9-25-20(27)17-6-1-2-7-18(17)21(25)28/h3-5,14,17-18H,1-2,6-13H2/t17-,18+. The summed E-state index contributed by atoms with van der Waals surface area (Å²) in [7, 11) is -3.83. The van der Waals surface area contributed by atoms with E-state index < -0.39 is 15.8 Å². The van der Waals surface area contributed by atoms with Crippen molar-refractivity contribution in [3.05, 3.63) is 30.1 Å². The Morgan fingerprint density at radius 1 is 1.00 bits per heavy atom. The first-order chi connectivity index (χ1) is 14.8. The van der Waals surface area contributed by atoms with Crippen molar-refractivity contribution in [2.75, 3.05) is 32.7 Å². The average Bonchev–Trinajstić information content (AvgIpc) is 3.02. The van der Waals surface area contributed by atoms with Gasteiger partial charge in [-0.05, 0) is 31.0 Å². The predicted molar refractivity (Wildman–Crippen MR) is 109 cm³/mol. The number of carbonyl (C=O) groups is 3. The number of sulfonamides is 1. The molecule has 1 aromatic carbocycles. The van der Waals surface area contributed by atoms with E-state index in [0.29, 0.717) is 0 Å². The first kappa shape index (κ1) is 21.9. The number of amides is 3. The van der Waals surface area contributed by atoms with Crippen LogP contribution < -0.4 is 0 Å². The van der Waals surface area contributed by atoms with Crippen LogP contribution in [-0.4, -0.2) is 73.0 Å². The van der Waals surface area contributed by atoms with E-state index in [1.807, 2.05) is 0 Å². The molecule has 31 heavy (non-hydrogen) atoms. The molecular formula is C21H26FN3O5S. The SMILES string of the molecule is O=C(CCN1C(=O)[C@H]2CCCC[C@H]2C1=O)N1CCN(S(=O)(=O)c2cccc(F)c2)CC1. The van der Waals surface area contributed by atoms with E-state index in [0.717, 1.165) is 31.7 Å². The largest absolute Gasteiger partial charge is 0.340 e. The van der Waals surface area contributed by atoms with Crippen molar-refractivity contribution in [1.82, 2.24) is 14.1 Å². The Morgan fingerprint density at radius 2 is 1.61 bits per heavy atom. The van der Waals surface area contributed by atoms with E-state index in [-0.39, 0.29) is 73.6 Å². The maximum atomic E-state index is 13.4. The molecule has 0 N–H and O–H groups in total. The van der Waals surface area contributed by atoms with Crippen molar-refractivity contribution in [2.45, 2.75) is 37.0 Å². The van der Waals surface area contributed by atoms with Crippen molar-refractivity contribution in [3.63, 3.8) is 0 Å². The zero-order valence-electron chi connectivity index (χ0n) is 17.2. The van der Waals surface area contributed by atoms with Crippen LogP contribution in [0.1, 0.15) is 32.1 Å². The number of benzene rings is 1. The summed E-state index contributed by atoms with van der Waals surface area (Å²) in [4.78, 5) is 40.4. The quantitative estimate of drug-likeness (QED) is 0.628. The van der Waals surface area contributed by atoms with Crippen LogP contribution in [0, 0.1) is 17.7 Å². The summed E-state index contributed by atoms with van der Waals surface area (Å²) < 4.78 is 40.0. The molecule has 0 unspecified atom stereocenters. The van der Waals surface area contributed by atoms with Crippen molar-refractivity contribution in [2.24, 2.45) is 11.8 Å². The van der Waals surface area contributed by atoms with Gasteiger partial charge in [0.15, 0.2) is 0 Å². The van der Waals surface area contributed by atoms with E-state index >= 15 is 0 Å². The fourth-order valence-corrected chi connectivity index (χ4v) is 6.23. The van der Waals surface area contributed by atoms with Gasteiger partial charge in [0.1, 0.15) is 5.82 Å². The zero-order chi connectivity index (χ0) is 22.2. The van der Waals surface area contributed by atoms with Crippen LogP contribution in [0.4, 0.5) is 4.39 Å². The Bertz CT molecular complexity index is 966. The molecule has 1 aliphatic carbocycles. The maximum absolute atomic E-state index is 13.4. The fourth-order valence-electron chi connectivity index (χ4n) is 4.77. The summed E-state index contributed by atoms with van der Waals surface area (Å²) in [6.45, 7) is 0.707. The molecule has 2 saturated heterocycles. The van der Waals surface area contributed by atoms with E-state index in [2.05, 4.69) is 0 Å². The van der Waals surface area contributed by atoms with Gasteiger partial charge in [0.05, 0.1) is 16.7 Å². The molecule has 3 aliphatic rings. The van der Waals surface area contributed by atoms with Crippen molar-refractivity contribution >= 4 is 27.7 Å². The summed E-state index contributed by atoms with van der Waals surface area (Å²) in [6.07, 6.45) is 3.42. The Labute approximate surface area is 181 Å². The van der Waals surface area contributed by atoms with Gasteiger partial charge < -0.3 is 4.90 Å². The van der Waals surface area contributed by atoms with E-state index in [9.17, 15) is 27.2 Å². The van der Waals surface area contributed by atoms with Crippen LogP contribution in [0.3, 0.4) is 0 Å². The summed E-state index contributed by atoms with van der Waals surface area (Å²) in [5, 5.41) is 0. The highest BCUT2D eigenvalue weighted by atomic mass is 32.2. The van der Waals surface area contributed by atoms with Gasteiger partial charge in [-0.15, -0.1) is 0 Å². The van der Waals surface area contributed by atoms with Crippen LogP contribution in [0.2, 0.25) is 0 Å². The van der Waals surface area contributed by atoms with Gasteiger partial charge >= 0.3 is 0 Å². The van der Waals surface area contributed by atoms with Gasteiger partial charge in [0.25, 0.3) is 0 Å². The molecule has 4 rings (SSSR count). The van der Waals surface area contributed by atoms with E-state index in [1.165, 1.54) is 27.4 Å². The number of carbonyl (C=O) groups excluding carboxylic acids is 3.